The van der Waals surface area contributed by atoms with E-state index in [9.17, 15) is 0 Å². The van der Waals surface area contributed by atoms with Gasteiger partial charge in [-0.3, -0.25) is 9.98 Å². The van der Waals surface area contributed by atoms with E-state index in [0.29, 0.717) is 0 Å². The molecule has 0 saturated carbocycles. The van der Waals surface area contributed by atoms with Gasteiger partial charge >= 0.3 is 0 Å². The van der Waals surface area contributed by atoms with Gasteiger partial charge in [0, 0.05) is 35.3 Å². The summed E-state index contributed by atoms with van der Waals surface area (Å²) in [5, 5.41) is 0. The molecule has 3 rings (SSSR count). The molecular formula is C12H8N2. The standard InChI is InChI=1S/C12H8N2/c1-2-4-9(5-3-1)12-11-8-13-6-10(11)7-14-12/h1-8H. The molecule has 2 aliphatic rings. The summed E-state index contributed by atoms with van der Waals surface area (Å²) in [6.45, 7) is 0. The molecule has 1 aromatic rings. The summed E-state index contributed by atoms with van der Waals surface area (Å²) in [4.78, 5) is 8.49. The van der Waals surface area contributed by atoms with E-state index in [1.807, 2.05) is 36.8 Å². The zero-order chi connectivity index (χ0) is 9.38. The van der Waals surface area contributed by atoms with Crippen molar-refractivity contribution in [2.45, 2.75) is 0 Å². The van der Waals surface area contributed by atoms with Crippen LogP contribution in [0.25, 0.3) is 0 Å². The van der Waals surface area contributed by atoms with Gasteiger partial charge in [-0.25, -0.2) is 0 Å². The van der Waals surface area contributed by atoms with Crippen molar-refractivity contribution < 1.29 is 0 Å². The molecule has 66 valence electrons. The molecular weight excluding hydrogens is 172 g/mol. The molecule has 0 aromatic heterocycles. The van der Waals surface area contributed by atoms with E-state index in [2.05, 4.69) is 22.1 Å². The Morgan fingerprint density at radius 1 is 0.929 bits per heavy atom. The minimum atomic E-state index is 1.03. The Hall–Kier alpha value is -1.96. The van der Waals surface area contributed by atoms with E-state index in [1.165, 1.54) is 0 Å². The molecule has 0 radical (unpaired) electrons. The van der Waals surface area contributed by atoms with Gasteiger partial charge in [-0.15, -0.1) is 0 Å². The predicted octanol–water partition coefficient (Wildman–Crippen LogP) is 2.34. The third-order valence-corrected chi connectivity index (χ3v) is 2.36. The summed E-state index contributed by atoms with van der Waals surface area (Å²) in [6, 6.07) is 10.2. The number of hydrogen-bond donors (Lipinski definition) is 0. The highest BCUT2D eigenvalue weighted by Gasteiger charge is 2.19. The van der Waals surface area contributed by atoms with Crippen molar-refractivity contribution in [3.63, 3.8) is 0 Å². The van der Waals surface area contributed by atoms with Gasteiger partial charge in [-0.2, -0.15) is 0 Å². The van der Waals surface area contributed by atoms with Gasteiger partial charge in [0.2, 0.25) is 0 Å². The molecule has 0 bridgehead atoms. The summed E-state index contributed by atoms with van der Waals surface area (Å²) in [5.74, 6) is 0. The molecule has 0 aliphatic carbocycles. The first kappa shape index (κ1) is 7.44. The van der Waals surface area contributed by atoms with Crippen molar-refractivity contribution in [2.24, 2.45) is 9.98 Å². The molecule has 2 aliphatic heterocycles. The monoisotopic (exact) mass is 180 g/mol. The first-order valence-electron chi connectivity index (χ1n) is 4.52. The molecule has 0 unspecified atom stereocenters. The number of rotatable bonds is 1. The molecule has 0 fully saturated rings. The van der Waals surface area contributed by atoms with E-state index < -0.39 is 0 Å². The van der Waals surface area contributed by atoms with Gasteiger partial charge < -0.3 is 0 Å². The lowest BCUT2D eigenvalue weighted by atomic mass is 10.0. The Morgan fingerprint density at radius 3 is 2.64 bits per heavy atom. The lowest BCUT2D eigenvalue weighted by Gasteiger charge is -2.01. The van der Waals surface area contributed by atoms with Crippen LogP contribution in [-0.4, -0.2) is 11.9 Å². The number of allylic oxidation sites excluding steroid dienone is 2. The lowest BCUT2D eigenvalue weighted by molar-refractivity contribution is 1.55. The first-order chi connectivity index (χ1) is 6.95. The van der Waals surface area contributed by atoms with Gasteiger partial charge in [0.25, 0.3) is 0 Å². The molecule has 0 spiro atoms. The Balaban J connectivity index is 2.05. The van der Waals surface area contributed by atoms with E-state index in [-0.39, 0.29) is 0 Å². The quantitative estimate of drug-likeness (QED) is 0.633. The van der Waals surface area contributed by atoms with Crippen molar-refractivity contribution in [1.29, 1.82) is 0 Å². The molecule has 2 heterocycles. The SMILES string of the molecule is C1=NC=C2C1=CN=C2c1ccccc1. The zero-order valence-electron chi connectivity index (χ0n) is 7.51. The average molecular weight is 180 g/mol. The number of hydrogen-bond acceptors (Lipinski definition) is 2. The van der Waals surface area contributed by atoms with Gasteiger partial charge in [-0.05, 0) is 0 Å². The van der Waals surface area contributed by atoms with E-state index in [4.69, 9.17) is 0 Å². The molecule has 0 atom stereocenters. The molecule has 14 heavy (non-hydrogen) atoms. The summed E-state index contributed by atoms with van der Waals surface area (Å²) < 4.78 is 0. The van der Waals surface area contributed by atoms with Gasteiger partial charge in [0.15, 0.2) is 0 Å². The number of aliphatic imine (C=N–C) groups is 2. The van der Waals surface area contributed by atoms with Crippen LogP contribution in [0.5, 0.6) is 0 Å². The highest BCUT2D eigenvalue weighted by molar-refractivity contribution is 6.22. The predicted molar refractivity (Wildman–Crippen MR) is 57.6 cm³/mol. The van der Waals surface area contributed by atoms with Crippen LogP contribution in [0.4, 0.5) is 0 Å². The van der Waals surface area contributed by atoms with Crippen LogP contribution in [-0.2, 0) is 0 Å². The van der Waals surface area contributed by atoms with Crippen molar-refractivity contribution in [2.75, 3.05) is 0 Å². The van der Waals surface area contributed by atoms with Gasteiger partial charge in [0.05, 0.1) is 5.71 Å². The van der Waals surface area contributed by atoms with Crippen LogP contribution >= 0.6 is 0 Å². The molecule has 0 saturated heterocycles. The maximum absolute atomic E-state index is 4.39. The minimum Gasteiger partial charge on any atom is -0.263 e. The third-order valence-electron chi connectivity index (χ3n) is 2.36. The fraction of sp³-hybridized carbons (Fsp3) is 0. The van der Waals surface area contributed by atoms with Crippen LogP contribution in [0.1, 0.15) is 5.56 Å². The summed E-state index contributed by atoms with van der Waals surface area (Å²) in [6.07, 6.45) is 5.57. The first-order valence-corrected chi connectivity index (χ1v) is 4.52. The highest BCUT2D eigenvalue weighted by atomic mass is 14.8. The van der Waals surface area contributed by atoms with Crippen LogP contribution in [0.15, 0.2) is 63.9 Å². The second-order valence-corrected chi connectivity index (χ2v) is 3.25. The van der Waals surface area contributed by atoms with E-state index in [0.717, 1.165) is 22.4 Å². The summed E-state index contributed by atoms with van der Waals surface area (Å²) in [7, 11) is 0. The highest BCUT2D eigenvalue weighted by Crippen LogP contribution is 2.25. The minimum absolute atomic E-state index is 1.03. The second kappa shape index (κ2) is 2.77. The Morgan fingerprint density at radius 2 is 1.79 bits per heavy atom. The van der Waals surface area contributed by atoms with Gasteiger partial charge in [0.1, 0.15) is 0 Å². The fourth-order valence-corrected chi connectivity index (χ4v) is 1.67. The van der Waals surface area contributed by atoms with Crippen LogP contribution in [0, 0.1) is 0 Å². The lowest BCUT2D eigenvalue weighted by Crippen LogP contribution is -2.01. The summed E-state index contributed by atoms with van der Waals surface area (Å²) >= 11 is 0. The maximum atomic E-state index is 4.39. The maximum Gasteiger partial charge on any atom is 0.0797 e. The molecule has 1 aromatic carbocycles. The zero-order valence-corrected chi connectivity index (χ0v) is 7.51. The number of benzene rings is 1. The normalized spacial score (nSPS) is 17.6. The topological polar surface area (TPSA) is 24.7 Å². The second-order valence-electron chi connectivity index (χ2n) is 3.25. The molecule has 0 amide bonds. The number of nitrogens with zero attached hydrogens (tertiary/aromatic N) is 2. The van der Waals surface area contributed by atoms with Crippen LogP contribution in [0.3, 0.4) is 0 Å². The Bertz CT molecular complexity index is 490. The van der Waals surface area contributed by atoms with Crippen LogP contribution < -0.4 is 0 Å². The summed E-state index contributed by atoms with van der Waals surface area (Å²) in [5.41, 5.74) is 4.42. The van der Waals surface area contributed by atoms with Crippen molar-refractivity contribution in [3.8, 4) is 0 Å². The largest absolute Gasteiger partial charge is 0.263 e. The average Bonchev–Trinajstić information content (AvgIpc) is 2.79. The molecule has 2 heteroatoms. The fourth-order valence-electron chi connectivity index (χ4n) is 1.67. The van der Waals surface area contributed by atoms with Gasteiger partial charge in [-0.1, -0.05) is 30.3 Å². The van der Waals surface area contributed by atoms with E-state index >= 15 is 0 Å². The van der Waals surface area contributed by atoms with Crippen molar-refractivity contribution in [3.05, 3.63) is 59.4 Å². The molecule has 2 nitrogen and oxygen atoms in total. The molecule has 0 N–H and O–H groups in total. The number of fused-ring (bicyclic) bond motifs is 1. The van der Waals surface area contributed by atoms with Crippen LogP contribution in [0.2, 0.25) is 0 Å². The Kier molecular flexibility index (Phi) is 1.47. The smallest absolute Gasteiger partial charge is 0.0797 e. The third kappa shape index (κ3) is 0.973. The Labute approximate surface area is 82.0 Å². The van der Waals surface area contributed by atoms with E-state index in [1.54, 1.807) is 0 Å². The van der Waals surface area contributed by atoms with Crippen molar-refractivity contribution in [1.82, 2.24) is 0 Å². The van der Waals surface area contributed by atoms with Crippen molar-refractivity contribution >= 4 is 11.9 Å².